The predicted octanol–water partition coefficient (Wildman–Crippen LogP) is 7.01. The van der Waals surface area contributed by atoms with Crippen LogP contribution >= 0.6 is 0 Å². The van der Waals surface area contributed by atoms with Gasteiger partial charge in [0.05, 0.1) is 13.2 Å². The summed E-state index contributed by atoms with van der Waals surface area (Å²) in [6.07, 6.45) is 4.53. The highest BCUT2D eigenvalue weighted by Crippen LogP contribution is 2.48. The van der Waals surface area contributed by atoms with E-state index in [1.807, 2.05) is 18.2 Å². The van der Waals surface area contributed by atoms with Crippen molar-refractivity contribution in [1.82, 2.24) is 0 Å². The predicted molar refractivity (Wildman–Crippen MR) is 156 cm³/mol. The first-order chi connectivity index (χ1) is 20.5. The van der Waals surface area contributed by atoms with Gasteiger partial charge in [0.15, 0.2) is 12.6 Å². The molecule has 0 radical (unpaired) electrons. The standard InChI is InChI=1S/C34H39F2NO5/c1-38-34(39-2)23-14-16-37(17-15-23)25-9-6-22(7-10-25)33-28-13-11-26(42-32-5-3-4-18-40-32)20-31(28)41-21-29(33)27-12-8-24(35)19-30(27)36/h6-13,19-20,23,29,32-34H,3-5,14-18,21H2,1-2H3/t29-,32?,33-/m0/s1. The number of ether oxygens (including phenoxy) is 5. The summed E-state index contributed by atoms with van der Waals surface area (Å²) in [5.41, 5.74) is 3.59. The van der Waals surface area contributed by atoms with E-state index in [2.05, 4.69) is 29.2 Å². The molecule has 0 aliphatic carbocycles. The fourth-order valence-electron chi connectivity index (χ4n) is 6.71. The van der Waals surface area contributed by atoms with Crippen LogP contribution < -0.4 is 14.4 Å². The van der Waals surface area contributed by atoms with Crippen molar-refractivity contribution in [1.29, 1.82) is 0 Å². The number of rotatable bonds is 8. The maximum absolute atomic E-state index is 15.1. The monoisotopic (exact) mass is 579 g/mol. The van der Waals surface area contributed by atoms with Crippen LogP contribution in [0, 0.1) is 17.6 Å². The van der Waals surface area contributed by atoms with Crippen LogP contribution in [-0.4, -0.2) is 53.1 Å². The second kappa shape index (κ2) is 13.0. The minimum absolute atomic E-state index is 0.173. The minimum atomic E-state index is -0.591. The van der Waals surface area contributed by atoms with Crippen molar-refractivity contribution in [2.24, 2.45) is 5.92 Å². The van der Waals surface area contributed by atoms with E-state index in [1.54, 1.807) is 20.3 Å². The van der Waals surface area contributed by atoms with Crippen LogP contribution in [0.5, 0.6) is 11.5 Å². The number of fused-ring (bicyclic) bond motifs is 1. The third kappa shape index (κ3) is 6.12. The average molecular weight is 580 g/mol. The largest absolute Gasteiger partial charge is 0.492 e. The van der Waals surface area contributed by atoms with E-state index in [9.17, 15) is 4.39 Å². The first-order valence-electron chi connectivity index (χ1n) is 14.9. The Hall–Kier alpha value is -3.20. The van der Waals surface area contributed by atoms with Gasteiger partial charge in [-0.2, -0.15) is 0 Å². The zero-order valence-electron chi connectivity index (χ0n) is 24.3. The normalized spacial score (nSPS) is 23.0. The Morgan fingerprint density at radius 2 is 1.62 bits per heavy atom. The van der Waals surface area contributed by atoms with Crippen LogP contribution in [0.15, 0.2) is 60.7 Å². The molecule has 1 unspecified atom stereocenters. The van der Waals surface area contributed by atoms with Gasteiger partial charge in [-0.15, -0.1) is 0 Å². The smallest absolute Gasteiger partial charge is 0.199 e. The molecule has 2 fully saturated rings. The van der Waals surface area contributed by atoms with Gasteiger partial charge < -0.3 is 28.6 Å². The topological polar surface area (TPSA) is 49.4 Å². The molecular weight excluding hydrogens is 540 g/mol. The van der Waals surface area contributed by atoms with Gasteiger partial charge in [-0.05, 0) is 61.1 Å². The second-order valence-electron chi connectivity index (χ2n) is 11.4. The van der Waals surface area contributed by atoms with E-state index < -0.39 is 11.6 Å². The van der Waals surface area contributed by atoms with Crippen LogP contribution in [0.25, 0.3) is 0 Å². The number of hydrogen-bond donors (Lipinski definition) is 0. The Morgan fingerprint density at radius 1 is 0.857 bits per heavy atom. The number of nitrogens with zero attached hydrogens (tertiary/aromatic N) is 1. The number of methoxy groups -OCH3 is 2. The third-order valence-corrected chi connectivity index (χ3v) is 8.91. The molecule has 3 aliphatic rings. The molecule has 8 heteroatoms. The summed E-state index contributed by atoms with van der Waals surface area (Å²) >= 11 is 0. The number of hydrogen-bond acceptors (Lipinski definition) is 6. The molecule has 3 atom stereocenters. The van der Waals surface area contributed by atoms with Crippen molar-refractivity contribution in [3.63, 3.8) is 0 Å². The van der Waals surface area contributed by atoms with E-state index >= 15 is 4.39 Å². The van der Waals surface area contributed by atoms with Gasteiger partial charge in [-0.25, -0.2) is 8.78 Å². The van der Waals surface area contributed by atoms with Crippen molar-refractivity contribution in [2.45, 2.75) is 56.5 Å². The van der Waals surface area contributed by atoms with Gasteiger partial charge in [-0.3, -0.25) is 0 Å². The Kier molecular flexibility index (Phi) is 8.93. The lowest BCUT2D eigenvalue weighted by Gasteiger charge is -2.37. The number of halogens is 2. The van der Waals surface area contributed by atoms with Crippen LogP contribution in [0.1, 0.15) is 60.6 Å². The number of piperidine rings is 1. The molecule has 0 amide bonds. The fraction of sp³-hybridized carbons (Fsp3) is 0.471. The first-order valence-corrected chi connectivity index (χ1v) is 14.9. The van der Waals surface area contributed by atoms with Gasteiger partial charge >= 0.3 is 0 Å². The molecule has 42 heavy (non-hydrogen) atoms. The first kappa shape index (κ1) is 28.9. The van der Waals surface area contributed by atoms with E-state index in [-0.39, 0.29) is 31.0 Å². The van der Waals surface area contributed by atoms with Crippen molar-refractivity contribution in [3.8, 4) is 11.5 Å². The molecule has 0 spiro atoms. The van der Waals surface area contributed by atoms with Crippen LogP contribution in [-0.2, 0) is 14.2 Å². The highest BCUT2D eigenvalue weighted by molar-refractivity contribution is 5.54. The molecule has 3 heterocycles. The molecule has 6 nitrogen and oxygen atoms in total. The maximum Gasteiger partial charge on any atom is 0.199 e. The van der Waals surface area contributed by atoms with Gasteiger partial charge in [-0.1, -0.05) is 24.3 Å². The fourth-order valence-corrected chi connectivity index (χ4v) is 6.71. The van der Waals surface area contributed by atoms with Crippen LogP contribution in [0.2, 0.25) is 0 Å². The summed E-state index contributed by atoms with van der Waals surface area (Å²) in [7, 11) is 3.38. The van der Waals surface area contributed by atoms with Crippen molar-refractivity contribution >= 4 is 5.69 Å². The van der Waals surface area contributed by atoms with Crippen molar-refractivity contribution in [2.75, 3.05) is 45.4 Å². The third-order valence-electron chi connectivity index (χ3n) is 8.91. The van der Waals surface area contributed by atoms with Gasteiger partial charge in [0.2, 0.25) is 0 Å². The lowest BCUT2D eigenvalue weighted by atomic mass is 9.75. The minimum Gasteiger partial charge on any atom is -0.492 e. The molecule has 0 N–H and O–H groups in total. The highest BCUT2D eigenvalue weighted by atomic mass is 19.1. The molecule has 3 aromatic carbocycles. The molecule has 2 saturated heterocycles. The molecular formula is C34H39F2NO5. The Morgan fingerprint density at radius 3 is 2.31 bits per heavy atom. The molecule has 3 aromatic rings. The SMILES string of the molecule is COC(OC)C1CCN(c2ccc([C@H]3c4ccc(OC5CCCCO5)cc4OC[C@H]3c3ccc(F)cc3F)cc2)CC1. The Balaban J connectivity index is 1.27. The lowest BCUT2D eigenvalue weighted by Crippen LogP contribution is -2.39. The van der Waals surface area contributed by atoms with E-state index in [0.717, 1.165) is 68.1 Å². The van der Waals surface area contributed by atoms with Crippen molar-refractivity contribution in [3.05, 3.63) is 89.0 Å². The molecule has 6 rings (SSSR count). The number of benzene rings is 3. The molecule has 0 saturated carbocycles. The summed E-state index contributed by atoms with van der Waals surface area (Å²) < 4.78 is 58.0. The quantitative estimate of drug-likeness (QED) is 0.268. The maximum atomic E-state index is 15.1. The van der Waals surface area contributed by atoms with Gasteiger partial charge in [0.1, 0.15) is 23.1 Å². The highest BCUT2D eigenvalue weighted by Gasteiger charge is 2.36. The van der Waals surface area contributed by atoms with Crippen molar-refractivity contribution < 1.29 is 32.5 Å². The lowest BCUT2D eigenvalue weighted by molar-refractivity contribution is -0.141. The molecule has 224 valence electrons. The average Bonchev–Trinajstić information content (AvgIpc) is 3.02. The Labute approximate surface area is 246 Å². The van der Waals surface area contributed by atoms with Crippen LogP contribution in [0.3, 0.4) is 0 Å². The number of anilines is 1. The van der Waals surface area contributed by atoms with E-state index in [1.165, 1.54) is 6.07 Å². The molecule has 3 aliphatic heterocycles. The zero-order chi connectivity index (χ0) is 29.1. The van der Waals surface area contributed by atoms with E-state index in [4.69, 9.17) is 23.7 Å². The zero-order valence-corrected chi connectivity index (χ0v) is 24.3. The van der Waals surface area contributed by atoms with Crippen LogP contribution in [0.4, 0.5) is 14.5 Å². The molecule has 0 aromatic heterocycles. The van der Waals surface area contributed by atoms with Gasteiger partial charge in [0.25, 0.3) is 0 Å². The summed E-state index contributed by atoms with van der Waals surface area (Å²) in [5, 5.41) is 0. The molecule has 0 bridgehead atoms. The summed E-state index contributed by atoms with van der Waals surface area (Å²) in [4.78, 5) is 2.38. The van der Waals surface area contributed by atoms with Gasteiger partial charge in [0, 0.05) is 74.9 Å². The summed E-state index contributed by atoms with van der Waals surface area (Å²) in [5.74, 6) is 0.117. The van der Waals surface area contributed by atoms with E-state index in [0.29, 0.717) is 29.6 Å². The summed E-state index contributed by atoms with van der Waals surface area (Å²) in [6, 6.07) is 18.2. The Bertz CT molecular complexity index is 1330. The summed E-state index contributed by atoms with van der Waals surface area (Å²) in [6.45, 7) is 2.81. The second-order valence-corrected chi connectivity index (χ2v) is 11.4.